The summed E-state index contributed by atoms with van der Waals surface area (Å²) in [6.45, 7) is 5.49. The zero-order valence-corrected chi connectivity index (χ0v) is 17.3. The van der Waals surface area contributed by atoms with Gasteiger partial charge in [0.2, 0.25) is 5.91 Å². The fourth-order valence-electron chi connectivity index (χ4n) is 2.52. The smallest absolute Gasteiger partial charge is 0.325 e. The maximum atomic E-state index is 12.7. The summed E-state index contributed by atoms with van der Waals surface area (Å²) in [7, 11) is 1.27. The normalized spacial score (nSPS) is 10.5. The maximum absolute atomic E-state index is 12.7. The summed E-state index contributed by atoms with van der Waals surface area (Å²) in [6, 6.07) is 3.55. The van der Waals surface area contributed by atoms with E-state index >= 15 is 0 Å². The molecule has 0 N–H and O–H groups in total. The van der Waals surface area contributed by atoms with Gasteiger partial charge in [-0.2, -0.15) is 0 Å². The lowest BCUT2D eigenvalue weighted by Gasteiger charge is -2.25. The molecule has 0 unspecified atom stereocenters. The molecule has 26 heavy (non-hydrogen) atoms. The van der Waals surface area contributed by atoms with E-state index in [0.29, 0.717) is 22.7 Å². The third kappa shape index (κ3) is 6.65. The van der Waals surface area contributed by atoms with Crippen molar-refractivity contribution in [3.05, 3.63) is 28.3 Å². The van der Waals surface area contributed by atoms with Gasteiger partial charge in [-0.25, -0.2) is 0 Å². The summed E-state index contributed by atoms with van der Waals surface area (Å²) in [6.07, 6.45) is 3.32. The van der Waals surface area contributed by atoms with E-state index in [2.05, 4.69) is 6.92 Å². The van der Waals surface area contributed by atoms with Crippen molar-refractivity contribution >= 4 is 46.0 Å². The van der Waals surface area contributed by atoms with E-state index < -0.39 is 5.97 Å². The predicted molar refractivity (Wildman–Crippen MR) is 107 cm³/mol. The Labute approximate surface area is 164 Å². The summed E-state index contributed by atoms with van der Waals surface area (Å²) >= 11 is 7.18. The summed E-state index contributed by atoms with van der Waals surface area (Å²) in [5.74, 6) is -0.873. The third-order valence-corrected chi connectivity index (χ3v) is 5.32. The highest BCUT2D eigenvalue weighted by molar-refractivity contribution is 8.14. The molecule has 0 aliphatic carbocycles. The molecule has 0 aromatic heterocycles. The van der Waals surface area contributed by atoms with Crippen LogP contribution < -0.4 is 4.90 Å². The third-order valence-electron chi connectivity index (χ3n) is 3.99. The van der Waals surface area contributed by atoms with Crippen LogP contribution in [0.5, 0.6) is 0 Å². The second-order valence-corrected chi connectivity index (χ2v) is 7.45. The molecular weight excluding hydrogens is 374 g/mol. The van der Waals surface area contributed by atoms with Crippen molar-refractivity contribution in [2.75, 3.05) is 24.3 Å². The minimum absolute atomic E-state index is 0.00986. The predicted octanol–water partition coefficient (Wildman–Crippen LogP) is 4.30. The number of methoxy groups -OCH3 is 1. The zero-order valence-electron chi connectivity index (χ0n) is 15.8. The Morgan fingerprint density at radius 2 is 1.88 bits per heavy atom. The van der Waals surface area contributed by atoms with Crippen LogP contribution in [0.15, 0.2) is 12.1 Å². The number of rotatable bonds is 9. The van der Waals surface area contributed by atoms with Crippen molar-refractivity contribution in [1.82, 2.24) is 0 Å². The number of thioether (sulfide) groups is 1. The van der Waals surface area contributed by atoms with E-state index in [0.717, 1.165) is 36.6 Å². The van der Waals surface area contributed by atoms with Crippen molar-refractivity contribution in [1.29, 1.82) is 0 Å². The van der Waals surface area contributed by atoms with Crippen LogP contribution in [-0.4, -0.2) is 36.4 Å². The van der Waals surface area contributed by atoms with E-state index in [4.69, 9.17) is 16.3 Å². The molecule has 0 spiro atoms. The van der Waals surface area contributed by atoms with Gasteiger partial charge in [-0.1, -0.05) is 49.2 Å². The number of amides is 1. The highest BCUT2D eigenvalue weighted by atomic mass is 35.5. The van der Waals surface area contributed by atoms with Gasteiger partial charge in [0.05, 0.1) is 18.6 Å². The van der Waals surface area contributed by atoms with Gasteiger partial charge >= 0.3 is 5.97 Å². The van der Waals surface area contributed by atoms with Gasteiger partial charge in [0, 0.05) is 11.4 Å². The Balaban J connectivity index is 2.94. The van der Waals surface area contributed by atoms with Gasteiger partial charge in [-0.3, -0.25) is 19.3 Å². The number of unbranched alkanes of at least 4 members (excludes halogenated alkanes) is 2. The number of ether oxygens (including phenoxy) is 1. The second-order valence-electron chi connectivity index (χ2n) is 6.01. The Morgan fingerprint density at radius 1 is 1.19 bits per heavy atom. The minimum atomic E-state index is -0.531. The highest BCUT2D eigenvalue weighted by Gasteiger charge is 2.24. The Bertz CT molecular complexity index is 663. The monoisotopic (exact) mass is 399 g/mol. The molecule has 144 valence electrons. The van der Waals surface area contributed by atoms with Crippen LogP contribution in [0.1, 0.15) is 43.7 Å². The first-order valence-electron chi connectivity index (χ1n) is 8.60. The number of carbonyl (C=O) groups excluding carboxylic acids is 3. The largest absolute Gasteiger partial charge is 0.468 e. The first kappa shape index (κ1) is 22.5. The number of nitrogens with zero attached hydrogens (tertiary/aromatic N) is 1. The molecule has 0 bridgehead atoms. The lowest BCUT2D eigenvalue weighted by atomic mass is 10.1. The summed E-state index contributed by atoms with van der Waals surface area (Å²) in [4.78, 5) is 37.8. The van der Waals surface area contributed by atoms with Crippen molar-refractivity contribution in [3.63, 3.8) is 0 Å². The van der Waals surface area contributed by atoms with Crippen LogP contribution in [-0.2, 0) is 19.1 Å². The SMILES string of the molecule is CCCCCC(=O)SCC(=O)N(CC(=O)OC)c1c(C)ccc(Cl)c1C. The molecule has 0 aliphatic rings. The van der Waals surface area contributed by atoms with Gasteiger partial charge < -0.3 is 4.74 Å². The van der Waals surface area contributed by atoms with Crippen LogP contribution >= 0.6 is 23.4 Å². The lowest BCUT2D eigenvalue weighted by molar-refractivity contribution is -0.139. The van der Waals surface area contributed by atoms with Gasteiger partial charge in [0.25, 0.3) is 0 Å². The molecule has 0 fully saturated rings. The second kappa shape index (κ2) is 11.2. The molecule has 0 atom stereocenters. The molecule has 1 amide bonds. The molecule has 0 saturated carbocycles. The molecule has 0 heterocycles. The summed E-state index contributed by atoms with van der Waals surface area (Å²) in [5, 5.41) is 0.501. The summed E-state index contributed by atoms with van der Waals surface area (Å²) < 4.78 is 4.71. The molecule has 1 aromatic carbocycles. The molecule has 1 aromatic rings. The van der Waals surface area contributed by atoms with Crippen LogP contribution in [0.2, 0.25) is 5.02 Å². The number of anilines is 1. The maximum Gasteiger partial charge on any atom is 0.325 e. The first-order chi connectivity index (χ1) is 12.3. The van der Waals surface area contributed by atoms with Crippen LogP contribution in [0.25, 0.3) is 0 Å². The Hall–Kier alpha value is -1.53. The fraction of sp³-hybridized carbons (Fsp3) is 0.526. The van der Waals surface area contributed by atoms with E-state index in [1.807, 2.05) is 6.92 Å². The van der Waals surface area contributed by atoms with Crippen molar-refractivity contribution in [2.24, 2.45) is 0 Å². The van der Waals surface area contributed by atoms with Crippen LogP contribution in [0.3, 0.4) is 0 Å². The van der Waals surface area contributed by atoms with Gasteiger partial charge in [-0.15, -0.1) is 0 Å². The number of carbonyl (C=O) groups is 3. The average Bonchev–Trinajstić information content (AvgIpc) is 2.62. The first-order valence-corrected chi connectivity index (χ1v) is 9.96. The van der Waals surface area contributed by atoms with E-state index in [-0.39, 0.29) is 23.3 Å². The summed E-state index contributed by atoms with van der Waals surface area (Å²) in [5.41, 5.74) is 2.12. The quantitative estimate of drug-likeness (QED) is 0.457. The minimum Gasteiger partial charge on any atom is -0.468 e. The molecular formula is C19H26ClNO4S. The number of halogens is 1. The molecule has 0 aliphatic heterocycles. The number of benzene rings is 1. The molecule has 7 heteroatoms. The number of hydrogen-bond donors (Lipinski definition) is 0. The molecule has 1 rings (SSSR count). The highest BCUT2D eigenvalue weighted by Crippen LogP contribution is 2.31. The number of esters is 1. The van der Waals surface area contributed by atoms with Crippen molar-refractivity contribution < 1.29 is 19.1 Å². The average molecular weight is 400 g/mol. The van der Waals surface area contributed by atoms with Gasteiger partial charge in [0.1, 0.15) is 6.54 Å². The zero-order chi connectivity index (χ0) is 19.7. The van der Waals surface area contributed by atoms with E-state index in [1.54, 1.807) is 19.1 Å². The fourth-order valence-corrected chi connectivity index (χ4v) is 3.40. The number of aryl methyl sites for hydroxylation is 1. The van der Waals surface area contributed by atoms with E-state index in [9.17, 15) is 14.4 Å². The molecule has 0 radical (unpaired) electrons. The lowest BCUT2D eigenvalue weighted by Crippen LogP contribution is -2.38. The number of hydrogen-bond acceptors (Lipinski definition) is 5. The van der Waals surface area contributed by atoms with Crippen molar-refractivity contribution in [3.8, 4) is 0 Å². The van der Waals surface area contributed by atoms with Crippen LogP contribution in [0.4, 0.5) is 5.69 Å². The Kier molecular flexibility index (Phi) is 9.73. The van der Waals surface area contributed by atoms with Crippen LogP contribution in [0, 0.1) is 13.8 Å². The van der Waals surface area contributed by atoms with Gasteiger partial charge in [-0.05, 0) is 37.5 Å². The standard InChI is InChI=1S/C19H26ClNO4S/c1-5-6-7-8-18(24)26-12-16(22)21(11-17(23)25-4)19-13(2)9-10-15(20)14(19)3/h9-10H,5-8,11-12H2,1-4H3. The van der Waals surface area contributed by atoms with Crippen molar-refractivity contribution in [2.45, 2.75) is 46.5 Å². The molecule has 0 saturated heterocycles. The topological polar surface area (TPSA) is 63.7 Å². The molecule has 5 nitrogen and oxygen atoms in total. The Morgan fingerprint density at radius 3 is 2.50 bits per heavy atom. The van der Waals surface area contributed by atoms with Gasteiger partial charge in [0.15, 0.2) is 5.12 Å². The van der Waals surface area contributed by atoms with E-state index in [1.165, 1.54) is 12.0 Å².